The lowest BCUT2D eigenvalue weighted by Crippen LogP contribution is -2.38. The first-order valence-electron chi connectivity index (χ1n) is 13.8. The molecule has 0 saturated heterocycles. The summed E-state index contributed by atoms with van der Waals surface area (Å²) in [6, 6.07) is 21.3. The molecule has 0 aliphatic heterocycles. The third kappa shape index (κ3) is 9.60. The first-order chi connectivity index (χ1) is 17.9. The number of benzene rings is 2. The minimum Gasteiger partial charge on any atom is -0.372 e. The van der Waals surface area contributed by atoms with Gasteiger partial charge in [0, 0.05) is 48.8 Å². The number of pyridine rings is 1. The molecular formula is C31H43N2O3S+. The van der Waals surface area contributed by atoms with Crippen LogP contribution in [0.1, 0.15) is 76.5 Å². The summed E-state index contributed by atoms with van der Waals surface area (Å²) in [5, 5.41) is 1.14. The van der Waals surface area contributed by atoms with E-state index in [2.05, 4.69) is 84.0 Å². The highest BCUT2D eigenvalue weighted by atomic mass is 32.2. The highest BCUT2D eigenvalue weighted by Gasteiger charge is 2.14. The lowest BCUT2D eigenvalue weighted by atomic mass is 10.1. The van der Waals surface area contributed by atoms with Crippen molar-refractivity contribution in [3.63, 3.8) is 0 Å². The quantitative estimate of drug-likeness (QED) is 0.123. The third-order valence-corrected chi connectivity index (χ3v) is 7.58. The van der Waals surface area contributed by atoms with E-state index < -0.39 is 10.1 Å². The molecule has 0 amide bonds. The molecule has 0 spiro atoms. The van der Waals surface area contributed by atoms with Crippen molar-refractivity contribution >= 4 is 38.9 Å². The van der Waals surface area contributed by atoms with Crippen LogP contribution in [0.15, 0.2) is 60.7 Å². The molecule has 0 atom stereocenters. The van der Waals surface area contributed by atoms with E-state index in [1.807, 2.05) is 12.1 Å². The zero-order valence-corrected chi connectivity index (χ0v) is 23.3. The van der Waals surface area contributed by atoms with Crippen LogP contribution in [0.3, 0.4) is 0 Å². The summed E-state index contributed by atoms with van der Waals surface area (Å²) in [6.45, 7) is 7.41. The molecule has 0 aliphatic rings. The Kier molecular flexibility index (Phi) is 11.6. The van der Waals surface area contributed by atoms with Crippen molar-refractivity contribution < 1.29 is 17.5 Å². The van der Waals surface area contributed by atoms with Crippen LogP contribution in [0.4, 0.5) is 5.69 Å². The van der Waals surface area contributed by atoms with Crippen LogP contribution < -0.4 is 9.47 Å². The second-order valence-corrected chi connectivity index (χ2v) is 11.4. The maximum absolute atomic E-state index is 11.1. The van der Waals surface area contributed by atoms with Gasteiger partial charge < -0.3 is 4.90 Å². The normalized spacial score (nSPS) is 12.0. The molecule has 1 N–H and O–H groups in total. The highest BCUT2D eigenvalue weighted by Crippen LogP contribution is 2.19. The molecule has 3 aromatic rings. The standard InChI is InChI=1S/C31H42N2O3S/c1-3-5-9-23-32(24-10-6-4-2)29-19-15-27(16-20-29)17-21-30-22-18-28-13-7-8-14-31(28)33(30)25-11-12-26-37(34,35)36/h7-8,13-22H,3-6,9-12,23-26H2,1-2H3/p+1. The molecule has 0 unspecified atom stereocenters. The molecule has 3 rings (SSSR count). The zero-order chi connectivity index (χ0) is 26.5. The molecule has 1 heterocycles. The van der Waals surface area contributed by atoms with Crippen LogP contribution in [0.2, 0.25) is 0 Å². The number of nitrogens with zero attached hydrogens (tertiary/aromatic N) is 2. The molecule has 200 valence electrons. The van der Waals surface area contributed by atoms with E-state index in [0.717, 1.165) is 35.2 Å². The predicted octanol–water partition coefficient (Wildman–Crippen LogP) is 7.15. The molecule has 0 aliphatic carbocycles. The molecule has 0 fully saturated rings. The van der Waals surface area contributed by atoms with Crippen molar-refractivity contribution in [2.24, 2.45) is 0 Å². The van der Waals surface area contributed by atoms with Gasteiger partial charge >= 0.3 is 0 Å². The largest absolute Gasteiger partial charge is 0.372 e. The van der Waals surface area contributed by atoms with Gasteiger partial charge in [0.25, 0.3) is 10.1 Å². The maximum Gasteiger partial charge on any atom is 0.264 e. The van der Waals surface area contributed by atoms with E-state index in [1.54, 1.807) is 0 Å². The van der Waals surface area contributed by atoms with Crippen molar-refractivity contribution in [2.45, 2.75) is 71.8 Å². The van der Waals surface area contributed by atoms with Crippen LogP contribution in [0.5, 0.6) is 0 Å². The first-order valence-corrected chi connectivity index (χ1v) is 15.4. The highest BCUT2D eigenvalue weighted by molar-refractivity contribution is 7.85. The van der Waals surface area contributed by atoms with Gasteiger partial charge in [0.15, 0.2) is 0 Å². The van der Waals surface area contributed by atoms with E-state index in [1.165, 1.54) is 44.2 Å². The summed E-state index contributed by atoms with van der Waals surface area (Å²) in [4.78, 5) is 2.53. The molecule has 2 aromatic carbocycles. The van der Waals surface area contributed by atoms with Crippen LogP contribution in [-0.4, -0.2) is 31.8 Å². The molecule has 1 aromatic heterocycles. The smallest absolute Gasteiger partial charge is 0.264 e. The van der Waals surface area contributed by atoms with Crippen LogP contribution in [0, 0.1) is 0 Å². The monoisotopic (exact) mass is 523 g/mol. The Hall–Kier alpha value is -2.70. The Labute approximate surface area is 223 Å². The van der Waals surface area contributed by atoms with E-state index in [0.29, 0.717) is 19.4 Å². The van der Waals surface area contributed by atoms with E-state index in [-0.39, 0.29) is 5.75 Å². The summed E-state index contributed by atoms with van der Waals surface area (Å²) < 4.78 is 33.5. The molecule has 6 heteroatoms. The number of unbranched alkanes of at least 4 members (excludes halogenated alkanes) is 5. The summed E-state index contributed by atoms with van der Waals surface area (Å²) in [6.07, 6.45) is 12.8. The average Bonchev–Trinajstić information content (AvgIpc) is 2.89. The summed E-state index contributed by atoms with van der Waals surface area (Å²) in [5.74, 6) is -0.205. The van der Waals surface area contributed by atoms with Crippen molar-refractivity contribution in [3.05, 3.63) is 71.9 Å². The second kappa shape index (κ2) is 14.9. The van der Waals surface area contributed by atoms with Gasteiger partial charge in [-0.2, -0.15) is 13.0 Å². The van der Waals surface area contributed by atoms with Crippen LogP contribution >= 0.6 is 0 Å². The van der Waals surface area contributed by atoms with Crippen molar-refractivity contribution in [1.82, 2.24) is 0 Å². The minimum absolute atomic E-state index is 0.205. The number of aromatic nitrogens is 1. The predicted molar refractivity (Wildman–Crippen MR) is 156 cm³/mol. The molecule has 0 bridgehead atoms. The minimum atomic E-state index is -3.93. The Morgan fingerprint density at radius 2 is 1.46 bits per heavy atom. The number of anilines is 1. The molecule has 0 radical (unpaired) electrons. The lowest BCUT2D eigenvalue weighted by molar-refractivity contribution is -0.673. The van der Waals surface area contributed by atoms with Gasteiger partial charge in [-0.15, -0.1) is 0 Å². The summed E-state index contributed by atoms with van der Waals surface area (Å²) in [5.41, 5.74) is 4.62. The van der Waals surface area contributed by atoms with Gasteiger partial charge in [0.2, 0.25) is 11.2 Å². The molecule has 5 nitrogen and oxygen atoms in total. The van der Waals surface area contributed by atoms with Gasteiger partial charge in [0.05, 0.1) is 5.75 Å². The van der Waals surface area contributed by atoms with Crippen LogP contribution in [0.25, 0.3) is 23.1 Å². The van der Waals surface area contributed by atoms with E-state index >= 15 is 0 Å². The van der Waals surface area contributed by atoms with Gasteiger partial charge in [-0.05, 0) is 55.2 Å². The molecule has 0 saturated carbocycles. The first kappa shape index (κ1) is 28.9. The zero-order valence-electron chi connectivity index (χ0n) is 22.5. The Morgan fingerprint density at radius 3 is 2.11 bits per heavy atom. The fourth-order valence-electron chi connectivity index (χ4n) is 4.68. The van der Waals surface area contributed by atoms with Gasteiger partial charge in [-0.3, -0.25) is 4.55 Å². The number of hydrogen-bond donors (Lipinski definition) is 1. The van der Waals surface area contributed by atoms with Gasteiger partial charge in [0.1, 0.15) is 6.54 Å². The van der Waals surface area contributed by atoms with Crippen LogP contribution in [-0.2, 0) is 16.7 Å². The van der Waals surface area contributed by atoms with E-state index in [4.69, 9.17) is 4.55 Å². The average molecular weight is 524 g/mol. The van der Waals surface area contributed by atoms with Crippen molar-refractivity contribution in [2.75, 3.05) is 23.7 Å². The summed E-state index contributed by atoms with van der Waals surface area (Å²) >= 11 is 0. The SMILES string of the molecule is CCCCCN(CCCCC)c1ccc(C=Cc2ccc3ccccc3[n+]2CCCCS(=O)(=O)O)cc1. The Bertz CT molecular complexity index is 1230. The molecular weight excluding hydrogens is 480 g/mol. The number of aryl methyl sites for hydroxylation is 1. The van der Waals surface area contributed by atoms with Crippen molar-refractivity contribution in [1.29, 1.82) is 0 Å². The van der Waals surface area contributed by atoms with Gasteiger partial charge in [-0.1, -0.05) is 63.8 Å². The fourth-order valence-corrected chi connectivity index (χ4v) is 5.25. The van der Waals surface area contributed by atoms with Gasteiger partial charge in [-0.25, -0.2) is 0 Å². The molecule has 37 heavy (non-hydrogen) atoms. The fraction of sp³-hybridized carbons (Fsp3) is 0.452. The third-order valence-electron chi connectivity index (χ3n) is 6.77. The second-order valence-electron chi connectivity index (χ2n) is 9.79. The Balaban J connectivity index is 1.76. The Morgan fingerprint density at radius 1 is 0.784 bits per heavy atom. The van der Waals surface area contributed by atoms with Crippen molar-refractivity contribution in [3.8, 4) is 0 Å². The number of para-hydroxylation sites is 1. The lowest BCUT2D eigenvalue weighted by Gasteiger charge is -2.25. The summed E-state index contributed by atoms with van der Waals surface area (Å²) in [7, 11) is -3.93. The topological polar surface area (TPSA) is 61.5 Å². The van der Waals surface area contributed by atoms with E-state index in [9.17, 15) is 8.42 Å². The number of hydrogen-bond acceptors (Lipinski definition) is 3. The number of rotatable bonds is 16. The maximum atomic E-state index is 11.1. The number of fused-ring (bicyclic) bond motifs is 1.